The lowest BCUT2D eigenvalue weighted by Crippen LogP contribution is -2.45. The summed E-state index contributed by atoms with van der Waals surface area (Å²) in [5.74, 6) is 0.700. The minimum Gasteiger partial charge on any atom is -0.388 e. The van der Waals surface area contributed by atoms with Crippen molar-refractivity contribution in [3.8, 4) is 0 Å². The van der Waals surface area contributed by atoms with Gasteiger partial charge in [0.15, 0.2) is 0 Å². The van der Waals surface area contributed by atoms with E-state index in [9.17, 15) is 9.90 Å². The fourth-order valence-electron chi connectivity index (χ4n) is 2.58. The van der Waals surface area contributed by atoms with Crippen LogP contribution in [0.1, 0.15) is 59.3 Å². The van der Waals surface area contributed by atoms with Gasteiger partial charge < -0.3 is 10.4 Å². The Morgan fingerprint density at radius 3 is 2.50 bits per heavy atom. The number of allylic oxidation sites excluding steroid dienone is 1. The van der Waals surface area contributed by atoms with E-state index >= 15 is 0 Å². The number of hydrogen-bond acceptors (Lipinski definition) is 2. The largest absolute Gasteiger partial charge is 0.388 e. The molecular weight excluding hydrogens is 226 g/mol. The molecule has 1 saturated carbocycles. The van der Waals surface area contributed by atoms with E-state index < -0.39 is 5.60 Å². The fraction of sp³-hybridized carbons (Fsp3) is 0.800. The molecule has 1 amide bonds. The molecule has 0 radical (unpaired) electrons. The van der Waals surface area contributed by atoms with E-state index in [0.717, 1.165) is 43.6 Å². The molecule has 0 atom stereocenters. The van der Waals surface area contributed by atoms with Crippen LogP contribution in [0, 0.1) is 5.92 Å². The molecule has 0 heterocycles. The smallest absolute Gasteiger partial charge is 0.246 e. The molecule has 1 fully saturated rings. The van der Waals surface area contributed by atoms with Gasteiger partial charge in [-0.3, -0.25) is 4.79 Å². The van der Waals surface area contributed by atoms with Gasteiger partial charge in [-0.1, -0.05) is 26.3 Å². The molecule has 2 N–H and O–H groups in total. The molecule has 0 bridgehead atoms. The van der Waals surface area contributed by atoms with Gasteiger partial charge in [-0.2, -0.15) is 0 Å². The molecule has 1 rings (SSSR count). The Morgan fingerprint density at radius 1 is 1.39 bits per heavy atom. The molecule has 0 unspecified atom stereocenters. The minimum absolute atomic E-state index is 0.0529. The highest BCUT2D eigenvalue weighted by Crippen LogP contribution is 2.33. The van der Waals surface area contributed by atoms with E-state index in [2.05, 4.69) is 12.2 Å². The lowest BCUT2D eigenvalue weighted by molar-refractivity contribution is -0.119. The molecule has 0 aliphatic heterocycles. The zero-order valence-corrected chi connectivity index (χ0v) is 12.0. The van der Waals surface area contributed by atoms with Crippen LogP contribution in [0.5, 0.6) is 0 Å². The Balaban J connectivity index is 2.39. The number of nitrogens with one attached hydrogen (secondary N) is 1. The second kappa shape index (κ2) is 6.93. The van der Waals surface area contributed by atoms with Crippen LogP contribution in [-0.2, 0) is 4.79 Å². The average molecular weight is 253 g/mol. The van der Waals surface area contributed by atoms with Gasteiger partial charge in [0.25, 0.3) is 0 Å². The van der Waals surface area contributed by atoms with Crippen molar-refractivity contribution < 1.29 is 9.90 Å². The normalized spacial score (nSPS) is 29.1. The summed E-state index contributed by atoms with van der Waals surface area (Å²) < 4.78 is 0. The monoisotopic (exact) mass is 253 g/mol. The predicted molar refractivity (Wildman–Crippen MR) is 74.3 cm³/mol. The molecule has 0 aromatic carbocycles. The molecule has 1 aliphatic rings. The summed E-state index contributed by atoms with van der Waals surface area (Å²) in [5.41, 5.74) is 0.0525. The van der Waals surface area contributed by atoms with Crippen molar-refractivity contribution in [1.82, 2.24) is 5.32 Å². The maximum Gasteiger partial charge on any atom is 0.246 e. The van der Waals surface area contributed by atoms with Crippen molar-refractivity contribution in [2.24, 2.45) is 5.92 Å². The predicted octanol–water partition coefficient (Wildman–Crippen LogP) is 2.79. The summed E-state index contributed by atoms with van der Waals surface area (Å²) in [7, 11) is 0. The van der Waals surface area contributed by atoms with Crippen LogP contribution in [0.4, 0.5) is 0 Å². The first-order valence-electron chi connectivity index (χ1n) is 7.18. The van der Waals surface area contributed by atoms with E-state index in [-0.39, 0.29) is 5.91 Å². The van der Waals surface area contributed by atoms with Gasteiger partial charge in [0.1, 0.15) is 0 Å². The summed E-state index contributed by atoms with van der Waals surface area (Å²) in [6.07, 6.45) is 7.74. The lowest BCUT2D eigenvalue weighted by atomic mass is 9.78. The van der Waals surface area contributed by atoms with Crippen molar-refractivity contribution in [3.63, 3.8) is 0 Å². The zero-order valence-electron chi connectivity index (χ0n) is 12.0. The zero-order chi connectivity index (χ0) is 13.6. The molecule has 3 heteroatoms. The number of rotatable bonds is 5. The molecular formula is C15H27NO2. The molecule has 0 aromatic rings. The number of aliphatic hydroxyl groups is 1. The van der Waals surface area contributed by atoms with Gasteiger partial charge in [-0.25, -0.2) is 0 Å². The topological polar surface area (TPSA) is 49.3 Å². The van der Waals surface area contributed by atoms with Crippen molar-refractivity contribution in [2.75, 3.05) is 6.54 Å². The third-order valence-corrected chi connectivity index (χ3v) is 4.06. The van der Waals surface area contributed by atoms with Crippen LogP contribution >= 0.6 is 0 Å². The second-order valence-corrected chi connectivity index (χ2v) is 5.55. The Hall–Kier alpha value is -0.830. The first kappa shape index (κ1) is 15.2. The maximum atomic E-state index is 11.7. The van der Waals surface area contributed by atoms with Crippen molar-refractivity contribution in [1.29, 1.82) is 0 Å². The quantitative estimate of drug-likeness (QED) is 0.740. The third kappa shape index (κ3) is 4.45. The van der Waals surface area contributed by atoms with Crippen LogP contribution in [0.25, 0.3) is 0 Å². The number of carbonyl (C=O) groups is 1. The first-order valence-corrected chi connectivity index (χ1v) is 7.18. The summed E-state index contributed by atoms with van der Waals surface area (Å²) >= 11 is 0. The van der Waals surface area contributed by atoms with Crippen molar-refractivity contribution in [3.05, 3.63) is 11.6 Å². The van der Waals surface area contributed by atoms with Gasteiger partial charge >= 0.3 is 0 Å². The summed E-state index contributed by atoms with van der Waals surface area (Å²) in [6.45, 7) is 6.42. The number of carbonyl (C=O) groups excluding carboxylic acids is 1. The lowest BCUT2D eigenvalue weighted by Gasteiger charge is -2.35. The molecule has 0 saturated heterocycles. The Bertz CT molecular complexity index is 302. The van der Waals surface area contributed by atoms with Crippen LogP contribution in [0.2, 0.25) is 0 Å². The van der Waals surface area contributed by atoms with Gasteiger partial charge in [0.2, 0.25) is 5.91 Å². The SMILES string of the molecule is CCC=C(C)C(=O)NCC1(O)CCC(CC)CC1. The van der Waals surface area contributed by atoms with Gasteiger partial charge in [-0.15, -0.1) is 0 Å². The van der Waals surface area contributed by atoms with Crippen LogP contribution in [0.3, 0.4) is 0 Å². The second-order valence-electron chi connectivity index (χ2n) is 5.55. The summed E-state index contributed by atoms with van der Waals surface area (Å²) in [6, 6.07) is 0. The van der Waals surface area contributed by atoms with Crippen molar-refractivity contribution in [2.45, 2.75) is 64.9 Å². The molecule has 0 aromatic heterocycles. The van der Waals surface area contributed by atoms with E-state index in [1.54, 1.807) is 0 Å². The van der Waals surface area contributed by atoms with E-state index in [0.29, 0.717) is 6.54 Å². The molecule has 104 valence electrons. The van der Waals surface area contributed by atoms with E-state index in [1.165, 1.54) is 6.42 Å². The summed E-state index contributed by atoms with van der Waals surface area (Å²) in [4.78, 5) is 11.7. The standard InChI is InChI=1S/C15H27NO2/c1-4-6-12(3)14(17)16-11-15(18)9-7-13(5-2)8-10-15/h6,13,18H,4-5,7-11H2,1-3H3,(H,16,17). The number of amides is 1. The van der Waals surface area contributed by atoms with Gasteiger partial charge in [0, 0.05) is 12.1 Å². The molecule has 0 spiro atoms. The molecule has 18 heavy (non-hydrogen) atoms. The highest BCUT2D eigenvalue weighted by atomic mass is 16.3. The third-order valence-electron chi connectivity index (χ3n) is 4.06. The van der Waals surface area contributed by atoms with Gasteiger partial charge in [-0.05, 0) is 44.9 Å². The molecule has 3 nitrogen and oxygen atoms in total. The fourth-order valence-corrected chi connectivity index (χ4v) is 2.58. The van der Waals surface area contributed by atoms with E-state index in [4.69, 9.17) is 0 Å². The average Bonchev–Trinajstić information content (AvgIpc) is 2.37. The Labute approximate surface area is 111 Å². The number of hydrogen-bond donors (Lipinski definition) is 2. The van der Waals surface area contributed by atoms with Crippen LogP contribution in [0.15, 0.2) is 11.6 Å². The van der Waals surface area contributed by atoms with E-state index in [1.807, 2.05) is 19.9 Å². The Morgan fingerprint density at radius 2 is 2.00 bits per heavy atom. The van der Waals surface area contributed by atoms with Crippen LogP contribution in [-0.4, -0.2) is 23.2 Å². The highest BCUT2D eigenvalue weighted by Gasteiger charge is 2.32. The first-order chi connectivity index (χ1) is 8.50. The Kier molecular flexibility index (Phi) is 5.86. The van der Waals surface area contributed by atoms with Gasteiger partial charge in [0.05, 0.1) is 5.60 Å². The highest BCUT2D eigenvalue weighted by molar-refractivity contribution is 5.92. The summed E-state index contributed by atoms with van der Waals surface area (Å²) in [5, 5.41) is 13.3. The van der Waals surface area contributed by atoms with Crippen LogP contribution < -0.4 is 5.32 Å². The molecule has 1 aliphatic carbocycles. The minimum atomic E-state index is -0.687. The maximum absolute atomic E-state index is 11.7. The van der Waals surface area contributed by atoms with Crippen molar-refractivity contribution >= 4 is 5.91 Å².